The Morgan fingerprint density at radius 3 is 2.00 bits per heavy atom. The Kier molecular flexibility index (Phi) is 2.48. The molecule has 0 unspecified atom stereocenters. The highest BCUT2D eigenvalue weighted by molar-refractivity contribution is 6.88. The number of aldehydes is 1. The highest BCUT2D eigenvalue weighted by Crippen LogP contribution is 2.15. The van der Waals surface area contributed by atoms with Crippen molar-refractivity contribution < 1.29 is 9.21 Å². The molecule has 0 aromatic carbocycles. The van der Waals surface area contributed by atoms with Crippen molar-refractivity contribution >= 4 is 19.7 Å². The van der Waals surface area contributed by atoms with Crippen LogP contribution in [0.4, 0.5) is 0 Å². The molecule has 1 heterocycles. The van der Waals surface area contributed by atoms with Crippen molar-refractivity contribution in [2.24, 2.45) is 0 Å². The molecule has 2 nitrogen and oxygen atoms in total. The molecular formula is C10H16O2Si. The molecule has 0 aliphatic rings. The smallest absolute Gasteiger partial charge is 0.153 e. The lowest BCUT2D eigenvalue weighted by atomic mass is 10.2. The third-order valence-corrected chi connectivity index (χ3v) is 4.02. The Balaban J connectivity index is 3.34. The topological polar surface area (TPSA) is 30.2 Å². The molecule has 0 spiro atoms. The summed E-state index contributed by atoms with van der Waals surface area (Å²) in [6.07, 6.45) is 0.887. The molecule has 1 aromatic heterocycles. The van der Waals surface area contributed by atoms with Crippen LogP contribution in [0.15, 0.2) is 4.42 Å². The van der Waals surface area contributed by atoms with Gasteiger partial charge in [0.2, 0.25) is 0 Å². The Bertz CT molecular complexity index is 331. The predicted octanol–water partition coefficient (Wildman–Crippen LogP) is 2.25. The zero-order valence-corrected chi connectivity index (χ0v) is 9.89. The van der Waals surface area contributed by atoms with E-state index in [0.717, 1.165) is 28.6 Å². The van der Waals surface area contributed by atoms with E-state index in [0.29, 0.717) is 0 Å². The van der Waals surface area contributed by atoms with E-state index < -0.39 is 8.07 Å². The van der Waals surface area contributed by atoms with Gasteiger partial charge in [-0.15, -0.1) is 0 Å². The maximum atomic E-state index is 10.7. The number of carbonyl (C=O) groups excluding carboxylic acids is 1. The summed E-state index contributed by atoms with van der Waals surface area (Å²) in [5.74, 6) is 0.755. The van der Waals surface area contributed by atoms with Crippen LogP contribution in [0.25, 0.3) is 0 Å². The van der Waals surface area contributed by atoms with Crippen molar-refractivity contribution in [2.75, 3.05) is 0 Å². The number of hydrogen-bond donors (Lipinski definition) is 0. The van der Waals surface area contributed by atoms with Crippen molar-refractivity contribution in [2.45, 2.75) is 33.5 Å². The number of aryl methyl sites for hydroxylation is 1. The Labute approximate surface area is 80.0 Å². The molecule has 1 rings (SSSR count). The van der Waals surface area contributed by atoms with Gasteiger partial charge in [0, 0.05) is 0 Å². The average Bonchev–Trinajstić information content (AvgIpc) is 2.25. The summed E-state index contributed by atoms with van der Waals surface area (Å²) in [6, 6.07) is 0. The lowest BCUT2D eigenvalue weighted by Gasteiger charge is -2.13. The fourth-order valence-electron chi connectivity index (χ4n) is 1.56. The summed E-state index contributed by atoms with van der Waals surface area (Å²) < 4.78 is 5.63. The summed E-state index contributed by atoms with van der Waals surface area (Å²) >= 11 is 0. The van der Waals surface area contributed by atoms with Gasteiger partial charge in [0.05, 0.1) is 10.9 Å². The van der Waals surface area contributed by atoms with Crippen molar-refractivity contribution in [3.05, 3.63) is 16.9 Å². The molecule has 0 N–H and O–H groups in total. The molecule has 0 saturated carbocycles. The minimum Gasteiger partial charge on any atom is -0.470 e. The molecule has 1 aromatic rings. The van der Waals surface area contributed by atoms with Crippen LogP contribution in [-0.4, -0.2) is 14.4 Å². The van der Waals surface area contributed by atoms with Crippen molar-refractivity contribution in [3.63, 3.8) is 0 Å². The summed E-state index contributed by atoms with van der Waals surface area (Å²) in [4.78, 5) is 10.7. The molecule has 13 heavy (non-hydrogen) atoms. The third-order valence-electron chi connectivity index (χ3n) is 2.18. The van der Waals surface area contributed by atoms with Gasteiger partial charge < -0.3 is 4.42 Å². The molecule has 0 bridgehead atoms. The van der Waals surface area contributed by atoms with E-state index in [1.807, 2.05) is 13.8 Å². The Morgan fingerprint density at radius 2 is 1.77 bits per heavy atom. The lowest BCUT2D eigenvalue weighted by Crippen LogP contribution is -2.38. The first kappa shape index (κ1) is 10.2. The molecule has 0 saturated heterocycles. The zero-order chi connectivity index (χ0) is 10.2. The van der Waals surface area contributed by atoms with Gasteiger partial charge in [-0.25, -0.2) is 0 Å². The molecule has 3 heteroatoms. The minimum absolute atomic E-state index is 0.734. The highest BCUT2D eigenvalue weighted by Gasteiger charge is 2.26. The van der Waals surface area contributed by atoms with Crippen LogP contribution in [-0.2, 0) is 0 Å². The van der Waals surface area contributed by atoms with Gasteiger partial charge in [-0.1, -0.05) is 19.6 Å². The van der Waals surface area contributed by atoms with E-state index in [4.69, 9.17) is 4.42 Å². The second-order valence-corrected chi connectivity index (χ2v) is 9.35. The summed E-state index contributed by atoms with van der Waals surface area (Å²) in [5, 5.41) is 1.05. The molecule has 72 valence electrons. The largest absolute Gasteiger partial charge is 0.470 e. The Morgan fingerprint density at radius 1 is 1.23 bits per heavy atom. The maximum Gasteiger partial charge on any atom is 0.153 e. The van der Waals surface area contributed by atoms with Gasteiger partial charge in [0.15, 0.2) is 6.29 Å². The first-order valence-electron chi connectivity index (χ1n) is 4.43. The van der Waals surface area contributed by atoms with Gasteiger partial charge in [-0.05, 0) is 19.4 Å². The highest BCUT2D eigenvalue weighted by atomic mass is 28.3. The van der Waals surface area contributed by atoms with Crippen molar-refractivity contribution in [3.8, 4) is 0 Å². The van der Waals surface area contributed by atoms with E-state index in [2.05, 4.69) is 19.6 Å². The monoisotopic (exact) mass is 196 g/mol. The zero-order valence-electron chi connectivity index (χ0n) is 8.89. The van der Waals surface area contributed by atoms with Gasteiger partial charge in [-0.3, -0.25) is 4.79 Å². The normalized spacial score (nSPS) is 11.8. The number of rotatable bonds is 2. The van der Waals surface area contributed by atoms with Crippen molar-refractivity contribution in [1.82, 2.24) is 0 Å². The number of furan rings is 1. The van der Waals surface area contributed by atoms with Crippen LogP contribution in [0.3, 0.4) is 0 Å². The second-order valence-electron chi connectivity index (χ2n) is 4.39. The Hall–Kier alpha value is -0.833. The minimum atomic E-state index is -1.43. The van der Waals surface area contributed by atoms with E-state index in [1.54, 1.807) is 0 Å². The SMILES string of the molecule is Cc1oc([Si](C)(C)C)c(C)c1C=O. The van der Waals surface area contributed by atoms with Crippen LogP contribution >= 0.6 is 0 Å². The number of hydrogen-bond acceptors (Lipinski definition) is 2. The van der Waals surface area contributed by atoms with Gasteiger partial charge in [-0.2, -0.15) is 0 Å². The molecule has 0 fully saturated rings. The van der Waals surface area contributed by atoms with Crippen LogP contribution < -0.4 is 5.38 Å². The number of carbonyl (C=O) groups is 1. The van der Waals surface area contributed by atoms with Gasteiger partial charge in [0.25, 0.3) is 0 Å². The standard InChI is InChI=1S/C10H16O2Si/c1-7-9(6-11)8(2)12-10(7)13(3,4)5/h6H,1-5H3. The second kappa shape index (κ2) is 3.14. The maximum absolute atomic E-state index is 10.7. The van der Waals surface area contributed by atoms with Crippen molar-refractivity contribution in [1.29, 1.82) is 0 Å². The molecule has 0 amide bonds. The first-order chi connectivity index (χ1) is 5.88. The summed E-state index contributed by atoms with van der Waals surface area (Å²) in [7, 11) is -1.43. The van der Waals surface area contributed by atoms with E-state index in [1.165, 1.54) is 0 Å². The first-order valence-corrected chi connectivity index (χ1v) is 7.93. The predicted molar refractivity (Wildman–Crippen MR) is 56.5 cm³/mol. The quantitative estimate of drug-likeness (QED) is 0.536. The van der Waals surface area contributed by atoms with E-state index >= 15 is 0 Å². The fourth-order valence-corrected chi connectivity index (χ4v) is 3.28. The molecular weight excluding hydrogens is 180 g/mol. The van der Waals surface area contributed by atoms with E-state index in [9.17, 15) is 4.79 Å². The van der Waals surface area contributed by atoms with Gasteiger partial charge >= 0.3 is 0 Å². The molecule has 0 atom stereocenters. The fraction of sp³-hybridized carbons (Fsp3) is 0.500. The molecule has 0 radical (unpaired) electrons. The summed E-state index contributed by atoms with van der Waals surface area (Å²) in [5.41, 5.74) is 1.77. The lowest BCUT2D eigenvalue weighted by molar-refractivity contribution is 0.112. The summed E-state index contributed by atoms with van der Waals surface area (Å²) in [6.45, 7) is 10.5. The molecule has 0 aliphatic carbocycles. The van der Waals surface area contributed by atoms with Crippen LogP contribution in [0.1, 0.15) is 21.7 Å². The van der Waals surface area contributed by atoms with Gasteiger partial charge in [0.1, 0.15) is 13.8 Å². The van der Waals surface area contributed by atoms with Crippen LogP contribution in [0.2, 0.25) is 19.6 Å². The molecule has 0 aliphatic heterocycles. The van der Waals surface area contributed by atoms with Crippen LogP contribution in [0.5, 0.6) is 0 Å². The third kappa shape index (κ3) is 1.75. The van der Waals surface area contributed by atoms with E-state index in [-0.39, 0.29) is 0 Å². The van der Waals surface area contributed by atoms with Crippen LogP contribution in [0, 0.1) is 13.8 Å². The average molecular weight is 196 g/mol.